The van der Waals surface area contributed by atoms with E-state index >= 15 is 0 Å². The fourth-order valence-corrected chi connectivity index (χ4v) is 5.30. The van der Waals surface area contributed by atoms with E-state index in [1.54, 1.807) is 6.08 Å². The highest BCUT2D eigenvalue weighted by molar-refractivity contribution is 5.17. The van der Waals surface area contributed by atoms with Crippen molar-refractivity contribution in [3.8, 4) is 0 Å². The van der Waals surface area contributed by atoms with E-state index in [9.17, 15) is 5.11 Å². The number of benzene rings is 3. The standard InChI is InChI=1S/C33H38O6/c1-3-27-19-29(38-32(37-27)26-17-11-6-12-18-26)31-28(34)20-30(36-22-25-15-9-5-10-16-25)33(2,39-31)23-35-21-24-13-7-4-8-14-24/h3-18,27-32,34H,1,19-23H2,2H3/t27?,28-,29-,30+,31-,32-,33-/m0/s1. The Balaban J connectivity index is 1.33. The first kappa shape index (κ1) is 27.7. The van der Waals surface area contributed by atoms with E-state index in [0.29, 0.717) is 32.7 Å². The maximum atomic E-state index is 11.3. The zero-order chi connectivity index (χ0) is 27.1. The Hall–Kier alpha value is -2.84. The third-order valence-electron chi connectivity index (χ3n) is 7.48. The summed E-state index contributed by atoms with van der Waals surface area (Å²) in [6.45, 7) is 7.14. The predicted octanol–water partition coefficient (Wildman–Crippen LogP) is 5.76. The molecule has 6 heteroatoms. The maximum Gasteiger partial charge on any atom is 0.184 e. The molecule has 0 saturated carbocycles. The number of hydrogen-bond donors (Lipinski definition) is 1. The van der Waals surface area contributed by atoms with Crippen molar-refractivity contribution >= 4 is 0 Å². The third-order valence-corrected chi connectivity index (χ3v) is 7.48. The van der Waals surface area contributed by atoms with E-state index in [4.69, 9.17) is 23.7 Å². The number of aliphatic hydroxyl groups excluding tert-OH is 1. The molecule has 0 aliphatic carbocycles. The zero-order valence-corrected chi connectivity index (χ0v) is 22.4. The zero-order valence-electron chi connectivity index (χ0n) is 22.4. The summed E-state index contributed by atoms with van der Waals surface area (Å²) in [5, 5.41) is 11.3. The summed E-state index contributed by atoms with van der Waals surface area (Å²) in [6.07, 6.45) is -0.209. The molecule has 2 aliphatic heterocycles. The lowest BCUT2D eigenvalue weighted by atomic mass is 9.85. The minimum Gasteiger partial charge on any atom is -0.390 e. The normalized spacial score (nSPS) is 31.0. The van der Waals surface area contributed by atoms with Crippen molar-refractivity contribution in [1.29, 1.82) is 0 Å². The number of aliphatic hydroxyl groups is 1. The first-order chi connectivity index (χ1) is 19.0. The Morgan fingerprint density at radius 1 is 0.872 bits per heavy atom. The van der Waals surface area contributed by atoms with Crippen molar-refractivity contribution in [2.45, 2.75) is 75.4 Å². The first-order valence-corrected chi connectivity index (χ1v) is 13.7. The van der Waals surface area contributed by atoms with E-state index < -0.39 is 30.2 Å². The van der Waals surface area contributed by atoms with Gasteiger partial charge in [-0.2, -0.15) is 0 Å². The Morgan fingerprint density at radius 2 is 1.49 bits per heavy atom. The van der Waals surface area contributed by atoms with Crippen molar-refractivity contribution in [1.82, 2.24) is 0 Å². The van der Waals surface area contributed by atoms with Gasteiger partial charge in [0.05, 0.1) is 44.2 Å². The monoisotopic (exact) mass is 530 g/mol. The molecule has 1 N–H and O–H groups in total. The molecule has 5 rings (SSSR count). The van der Waals surface area contributed by atoms with Crippen LogP contribution in [-0.2, 0) is 36.9 Å². The average Bonchev–Trinajstić information content (AvgIpc) is 2.99. The van der Waals surface area contributed by atoms with Gasteiger partial charge in [-0.1, -0.05) is 97.1 Å². The van der Waals surface area contributed by atoms with Crippen LogP contribution in [0.2, 0.25) is 0 Å². The van der Waals surface area contributed by atoms with Crippen molar-refractivity contribution < 1.29 is 28.8 Å². The summed E-state index contributed by atoms with van der Waals surface area (Å²) < 4.78 is 31.8. The van der Waals surface area contributed by atoms with Crippen molar-refractivity contribution in [3.63, 3.8) is 0 Å². The average molecular weight is 531 g/mol. The molecule has 0 spiro atoms. The molecule has 0 bridgehead atoms. The molecule has 39 heavy (non-hydrogen) atoms. The fourth-order valence-electron chi connectivity index (χ4n) is 5.30. The van der Waals surface area contributed by atoms with E-state index in [0.717, 1.165) is 16.7 Å². The molecule has 6 nitrogen and oxygen atoms in total. The van der Waals surface area contributed by atoms with Crippen LogP contribution in [0.5, 0.6) is 0 Å². The van der Waals surface area contributed by atoms with E-state index in [2.05, 4.69) is 6.58 Å². The first-order valence-electron chi connectivity index (χ1n) is 13.7. The quantitative estimate of drug-likeness (QED) is 0.337. The van der Waals surface area contributed by atoms with Gasteiger partial charge < -0.3 is 28.8 Å². The second kappa shape index (κ2) is 13.0. The second-order valence-corrected chi connectivity index (χ2v) is 10.5. The Morgan fingerprint density at radius 3 is 2.13 bits per heavy atom. The Kier molecular flexibility index (Phi) is 9.24. The van der Waals surface area contributed by atoms with Crippen LogP contribution >= 0.6 is 0 Å². The SMILES string of the molecule is C=CC1C[C@@H]([C@H]2O[C@@](C)(COCc3ccccc3)[C@H](OCc3ccccc3)C[C@@H]2O)O[C@@H](c2ccccc2)O1. The predicted molar refractivity (Wildman–Crippen MR) is 149 cm³/mol. The molecule has 0 radical (unpaired) electrons. The highest BCUT2D eigenvalue weighted by Crippen LogP contribution is 2.39. The maximum absolute atomic E-state index is 11.3. The molecule has 0 amide bonds. The summed E-state index contributed by atoms with van der Waals surface area (Å²) in [7, 11) is 0. The molecule has 2 heterocycles. The minimum atomic E-state index is -0.805. The molecular weight excluding hydrogens is 492 g/mol. The van der Waals surface area contributed by atoms with Crippen LogP contribution in [0.3, 0.4) is 0 Å². The lowest BCUT2D eigenvalue weighted by molar-refractivity contribution is -0.312. The largest absolute Gasteiger partial charge is 0.390 e. The highest BCUT2D eigenvalue weighted by Gasteiger charge is 2.50. The lowest BCUT2D eigenvalue weighted by Gasteiger charge is -2.49. The van der Waals surface area contributed by atoms with Gasteiger partial charge in [0.25, 0.3) is 0 Å². The van der Waals surface area contributed by atoms with Gasteiger partial charge in [-0.3, -0.25) is 0 Å². The van der Waals surface area contributed by atoms with Gasteiger partial charge in [-0.05, 0) is 18.1 Å². The van der Waals surface area contributed by atoms with Gasteiger partial charge in [-0.15, -0.1) is 6.58 Å². The minimum absolute atomic E-state index is 0.225. The topological polar surface area (TPSA) is 66.4 Å². The molecule has 2 saturated heterocycles. The highest BCUT2D eigenvalue weighted by atomic mass is 16.7. The number of ether oxygens (including phenoxy) is 5. The summed E-state index contributed by atoms with van der Waals surface area (Å²) in [5.41, 5.74) is 2.26. The van der Waals surface area contributed by atoms with Crippen LogP contribution in [0.25, 0.3) is 0 Å². The second-order valence-electron chi connectivity index (χ2n) is 10.5. The summed E-state index contributed by atoms with van der Waals surface area (Å²) in [6, 6.07) is 29.9. The smallest absolute Gasteiger partial charge is 0.184 e. The van der Waals surface area contributed by atoms with Crippen LogP contribution < -0.4 is 0 Å². The van der Waals surface area contributed by atoms with Crippen LogP contribution in [0, 0.1) is 0 Å². The number of hydrogen-bond acceptors (Lipinski definition) is 6. The van der Waals surface area contributed by atoms with E-state index in [1.165, 1.54) is 0 Å². The Labute approximate surface area is 231 Å². The van der Waals surface area contributed by atoms with Gasteiger partial charge in [0.2, 0.25) is 0 Å². The molecular formula is C33H38O6. The van der Waals surface area contributed by atoms with Gasteiger partial charge >= 0.3 is 0 Å². The molecule has 0 aromatic heterocycles. The van der Waals surface area contributed by atoms with Crippen molar-refractivity contribution in [2.75, 3.05) is 6.61 Å². The van der Waals surface area contributed by atoms with Gasteiger partial charge in [0, 0.05) is 18.4 Å². The van der Waals surface area contributed by atoms with E-state index in [1.807, 2.05) is 97.9 Å². The lowest BCUT2D eigenvalue weighted by Crippen LogP contribution is -2.61. The third kappa shape index (κ3) is 7.03. The van der Waals surface area contributed by atoms with Crippen LogP contribution in [-0.4, -0.2) is 47.8 Å². The summed E-state index contributed by atoms with van der Waals surface area (Å²) >= 11 is 0. The molecule has 2 fully saturated rings. The summed E-state index contributed by atoms with van der Waals surface area (Å²) in [5.74, 6) is 0. The van der Waals surface area contributed by atoms with Crippen LogP contribution in [0.1, 0.15) is 42.7 Å². The molecule has 2 aliphatic rings. The van der Waals surface area contributed by atoms with Crippen molar-refractivity contribution in [3.05, 3.63) is 120 Å². The molecule has 3 aromatic rings. The van der Waals surface area contributed by atoms with Gasteiger partial charge in [-0.25, -0.2) is 0 Å². The van der Waals surface area contributed by atoms with Gasteiger partial charge in [0.15, 0.2) is 6.29 Å². The fraction of sp³-hybridized carbons (Fsp3) is 0.394. The molecule has 7 atom stereocenters. The van der Waals surface area contributed by atoms with E-state index in [-0.39, 0.29) is 12.2 Å². The molecule has 3 aromatic carbocycles. The van der Waals surface area contributed by atoms with Gasteiger partial charge in [0.1, 0.15) is 11.7 Å². The van der Waals surface area contributed by atoms with Crippen LogP contribution in [0.4, 0.5) is 0 Å². The van der Waals surface area contributed by atoms with Crippen molar-refractivity contribution in [2.24, 2.45) is 0 Å². The molecule has 206 valence electrons. The summed E-state index contributed by atoms with van der Waals surface area (Å²) in [4.78, 5) is 0. The molecule has 1 unspecified atom stereocenters. The van der Waals surface area contributed by atoms with Crippen LogP contribution in [0.15, 0.2) is 104 Å². The Bertz CT molecular complexity index is 1160. The number of rotatable bonds is 10.